The first-order chi connectivity index (χ1) is 7.31. The van der Waals surface area contributed by atoms with E-state index in [4.69, 9.17) is 10.5 Å². The van der Waals surface area contributed by atoms with E-state index in [1.165, 1.54) is 0 Å². The van der Waals surface area contributed by atoms with Gasteiger partial charge in [-0.15, -0.1) is 0 Å². The van der Waals surface area contributed by atoms with E-state index in [1.807, 2.05) is 12.1 Å². The summed E-state index contributed by atoms with van der Waals surface area (Å²) in [6.45, 7) is 1.69. The molecule has 0 unspecified atom stereocenters. The van der Waals surface area contributed by atoms with Gasteiger partial charge >= 0.3 is 0 Å². The van der Waals surface area contributed by atoms with Crippen molar-refractivity contribution >= 4 is 5.78 Å². The summed E-state index contributed by atoms with van der Waals surface area (Å²) < 4.78 is 5.67. The summed E-state index contributed by atoms with van der Waals surface area (Å²) in [5, 5.41) is 3.11. The number of hydrogen-bond donors (Lipinski definition) is 2. The molecule has 0 bridgehead atoms. The van der Waals surface area contributed by atoms with Crippen LogP contribution < -0.4 is 15.8 Å². The maximum absolute atomic E-state index is 11.5. The van der Waals surface area contributed by atoms with Crippen LogP contribution in [0.2, 0.25) is 0 Å². The molecule has 1 aliphatic heterocycles. The Labute approximate surface area is 88.4 Å². The number of nitrogens with two attached hydrogens (primary N) is 1. The van der Waals surface area contributed by atoms with Crippen LogP contribution >= 0.6 is 0 Å². The summed E-state index contributed by atoms with van der Waals surface area (Å²) in [5.74, 6) is 0.553. The largest absolute Gasteiger partial charge is 0.487 e. The molecular weight excluding hydrogens is 192 g/mol. The van der Waals surface area contributed by atoms with Crippen molar-refractivity contribution < 1.29 is 9.53 Å². The fourth-order valence-corrected chi connectivity index (χ4v) is 1.43. The molecule has 80 valence electrons. The summed E-state index contributed by atoms with van der Waals surface area (Å²) >= 11 is 0. The first-order valence-electron chi connectivity index (χ1n) is 5.01. The van der Waals surface area contributed by atoms with E-state index in [9.17, 15) is 4.79 Å². The van der Waals surface area contributed by atoms with Crippen molar-refractivity contribution in [1.82, 2.24) is 5.32 Å². The van der Waals surface area contributed by atoms with E-state index in [0.29, 0.717) is 11.3 Å². The van der Waals surface area contributed by atoms with Crippen molar-refractivity contribution in [2.45, 2.75) is 6.10 Å². The van der Waals surface area contributed by atoms with E-state index in [0.717, 1.165) is 13.1 Å². The molecule has 0 spiro atoms. The number of ether oxygens (including phenoxy) is 1. The zero-order valence-corrected chi connectivity index (χ0v) is 8.40. The van der Waals surface area contributed by atoms with Crippen molar-refractivity contribution in [3.63, 3.8) is 0 Å². The Kier molecular flexibility index (Phi) is 2.99. The lowest BCUT2D eigenvalue weighted by molar-refractivity contribution is 0.0985. The Balaban J connectivity index is 2.16. The predicted octanol–water partition coefficient (Wildman–Crippen LogP) is 0.179. The molecule has 1 saturated heterocycles. The zero-order valence-electron chi connectivity index (χ0n) is 8.40. The van der Waals surface area contributed by atoms with Gasteiger partial charge in [-0.3, -0.25) is 4.79 Å². The highest BCUT2D eigenvalue weighted by Gasteiger charge is 2.20. The quantitative estimate of drug-likeness (QED) is 0.690. The summed E-state index contributed by atoms with van der Waals surface area (Å²) in [6.07, 6.45) is 0.178. The maximum Gasteiger partial charge on any atom is 0.180 e. The van der Waals surface area contributed by atoms with Crippen molar-refractivity contribution in [2.24, 2.45) is 5.73 Å². The van der Waals surface area contributed by atoms with Crippen LogP contribution in [0.15, 0.2) is 24.3 Å². The lowest BCUT2D eigenvalue weighted by Crippen LogP contribution is -2.50. The second kappa shape index (κ2) is 4.42. The van der Waals surface area contributed by atoms with Crippen LogP contribution in [0.25, 0.3) is 0 Å². The van der Waals surface area contributed by atoms with Gasteiger partial charge < -0.3 is 15.8 Å². The highest BCUT2D eigenvalue weighted by atomic mass is 16.5. The van der Waals surface area contributed by atoms with Gasteiger partial charge in [-0.25, -0.2) is 0 Å². The molecule has 4 heteroatoms. The normalized spacial score (nSPS) is 15.8. The molecule has 0 radical (unpaired) electrons. The summed E-state index contributed by atoms with van der Waals surface area (Å²) in [7, 11) is 0. The molecule has 3 N–H and O–H groups in total. The van der Waals surface area contributed by atoms with Gasteiger partial charge in [0.25, 0.3) is 0 Å². The number of para-hydroxylation sites is 1. The Morgan fingerprint density at radius 1 is 1.47 bits per heavy atom. The number of nitrogens with one attached hydrogen (secondary N) is 1. The molecule has 1 fully saturated rings. The molecule has 1 aliphatic rings. The van der Waals surface area contributed by atoms with Gasteiger partial charge in [-0.2, -0.15) is 0 Å². The topological polar surface area (TPSA) is 64.4 Å². The summed E-state index contributed by atoms with van der Waals surface area (Å²) in [5.41, 5.74) is 5.91. The zero-order chi connectivity index (χ0) is 10.7. The van der Waals surface area contributed by atoms with Crippen LogP contribution in [0.3, 0.4) is 0 Å². The van der Waals surface area contributed by atoms with Crippen LogP contribution in [0.1, 0.15) is 10.4 Å². The Bertz CT molecular complexity index is 361. The molecule has 1 aromatic carbocycles. The lowest BCUT2D eigenvalue weighted by Gasteiger charge is -2.28. The predicted molar refractivity (Wildman–Crippen MR) is 57.1 cm³/mol. The molecule has 0 aromatic heterocycles. The van der Waals surface area contributed by atoms with Gasteiger partial charge in [0.2, 0.25) is 0 Å². The number of rotatable bonds is 4. The van der Waals surface area contributed by atoms with Gasteiger partial charge in [-0.05, 0) is 12.1 Å². The Hall–Kier alpha value is -1.39. The molecule has 2 rings (SSSR count). The lowest BCUT2D eigenvalue weighted by atomic mass is 10.1. The van der Waals surface area contributed by atoms with E-state index in [2.05, 4.69) is 5.32 Å². The standard InChI is InChI=1S/C11H14N2O2/c12-5-10(14)9-3-1-2-4-11(9)15-8-6-13-7-8/h1-4,8,13H,5-7,12H2. The van der Waals surface area contributed by atoms with Crippen LogP contribution in [0.4, 0.5) is 0 Å². The van der Waals surface area contributed by atoms with Gasteiger partial charge in [0.15, 0.2) is 5.78 Å². The highest BCUT2D eigenvalue weighted by molar-refractivity contribution is 5.99. The fourth-order valence-electron chi connectivity index (χ4n) is 1.43. The van der Waals surface area contributed by atoms with Crippen molar-refractivity contribution in [3.05, 3.63) is 29.8 Å². The van der Waals surface area contributed by atoms with Gasteiger partial charge in [0.1, 0.15) is 11.9 Å². The SMILES string of the molecule is NCC(=O)c1ccccc1OC1CNC1. The third-order valence-corrected chi connectivity index (χ3v) is 2.41. The van der Waals surface area contributed by atoms with Gasteiger partial charge in [0, 0.05) is 13.1 Å². The van der Waals surface area contributed by atoms with Gasteiger partial charge in [-0.1, -0.05) is 12.1 Å². The van der Waals surface area contributed by atoms with Gasteiger partial charge in [0.05, 0.1) is 12.1 Å². The monoisotopic (exact) mass is 206 g/mol. The van der Waals surface area contributed by atoms with Crippen molar-refractivity contribution in [1.29, 1.82) is 0 Å². The minimum absolute atomic E-state index is 0.0172. The summed E-state index contributed by atoms with van der Waals surface area (Å²) in [4.78, 5) is 11.5. The molecule has 15 heavy (non-hydrogen) atoms. The number of carbonyl (C=O) groups is 1. The first kappa shape index (κ1) is 10.1. The van der Waals surface area contributed by atoms with Crippen LogP contribution in [-0.4, -0.2) is 31.5 Å². The second-order valence-electron chi connectivity index (χ2n) is 3.52. The summed E-state index contributed by atoms with van der Waals surface area (Å²) in [6, 6.07) is 7.22. The molecule has 1 aromatic rings. The smallest absolute Gasteiger partial charge is 0.180 e. The van der Waals surface area contributed by atoms with E-state index < -0.39 is 0 Å². The van der Waals surface area contributed by atoms with Crippen LogP contribution in [-0.2, 0) is 0 Å². The third-order valence-electron chi connectivity index (χ3n) is 2.41. The highest BCUT2D eigenvalue weighted by Crippen LogP contribution is 2.20. The number of ketones is 1. The molecule has 0 saturated carbocycles. The molecule has 1 heterocycles. The number of hydrogen-bond acceptors (Lipinski definition) is 4. The van der Waals surface area contributed by atoms with Crippen molar-refractivity contribution in [2.75, 3.05) is 19.6 Å². The van der Waals surface area contributed by atoms with E-state index >= 15 is 0 Å². The minimum Gasteiger partial charge on any atom is -0.487 e. The fraction of sp³-hybridized carbons (Fsp3) is 0.364. The average molecular weight is 206 g/mol. The molecule has 4 nitrogen and oxygen atoms in total. The Morgan fingerprint density at radius 2 is 2.20 bits per heavy atom. The molecule has 0 amide bonds. The van der Waals surface area contributed by atoms with E-state index in [1.54, 1.807) is 12.1 Å². The van der Waals surface area contributed by atoms with Crippen LogP contribution in [0, 0.1) is 0 Å². The Morgan fingerprint density at radius 3 is 2.80 bits per heavy atom. The third kappa shape index (κ3) is 2.16. The number of Topliss-reactive ketones (excluding diaryl/α,β-unsaturated/α-hetero) is 1. The molecule has 0 atom stereocenters. The number of benzene rings is 1. The van der Waals surface area contributed by atoms with E-state index in [-0.39, 0.29) is 18.4 Å². The average Bonchev–Trinajstić information content (AvgIpc) is 2.23. The van der Waals surface area contributed by atoms with Crippen LogP contribution in [0.5, 0.6) is 5.75 Å². The minimum atomic E-state index is -0.0853. The molecular formula is C11H14N2O2. The van der Waals surface area contributed by atoms with Crippen molar-refractivity contribution in [3.8, 4) is 5.75 Å². The second-order valence-corrected chi connectivity index (χ2v) is 3.52. The number of carbonyl (C=O) groups excluding carboxylic acids is 1. The maximum atomic E-state index is 11.5. The molecule has 0 aliphatic carbocycles. The first-order valence-corrected chi connectivity index (χ1v) is 5.01.